The number of hydrogen-bond donors (Lipinski definition) is 1. The molecule has 0 amide bonds. The SMILES string of the molecule is CCC1(C(=O)OC)CC/C=C/C(O)CC1. The first-order valence-electron chi connectivity index (χ1n) is 5.58. The van der Waals surface area contributed by atoms with E-state index in [9.17, 15) is 9.90 Å². The standard InChI is InChI=1S/C12H20O3/c1-3-12(11(14)15-2)8-5-4-6-10(13)7-9-12/h4,6,10,13H,3,5,7-9H2,1-2H3/b6-4+. The fourth-order valence-electron chi connectivity index (χ4n) is 2.18. The third-order valence-electron chi connectivity index (χ3n) is 3.36. The lowest BCUT2D eigenvalue weighted by Crippen LogP contribution is -2.33. The van der Waals surface area contributed by atoms with Gasteiger partial charge in [0.25, 0.3) is 0 Å². The van der Waals surface area contributed by atoms with Gasteiger partial charge in [-0.3, -0.25) is 4.79 Å². The molecular formula is C12H20O3. The summed E-state index contributed by atoms with van der Waals surface area (Å²) in [6.07, 6.45) is 7.13. The number of hydrogen-bond acceptors (Lipinski definition) is 3. The lowest BCUT2D eigenvalue weighted by molar-refractivity contribution is -0.154. The zero-order valence-electron chi connectivity index (χ0n) is 9.53. The number of aliphatic hydroxyl groups is 1. The Morgan fingerprint density at radius 1 is 1.60 bits per heavy atom. The first kappa shape index (κ1) is 12.2. The molecule has 2 unspecified atom stereocenters. The van der Waals surface area contributed by atoms with Crippen LogP contribution in [0.2, 0.25) is 0 Å². The number of carbonyl (C=O) groups excluding carboxylic acids is 1. The minimum Gasteiger partial charge on any atom is -0.469 e. The van der Waals surface area contributed by atoms with Gasteiger partial charge in [-0.1, -0.05) is 19.1 Å². The van der Waals surface area contributed by atoms with E-state index >= 15 is 0 Å². The van der Waals surface area contributed by atoms with Gasteiger partial charge >= 0.3 is 5.97 Å². The molecule has 1 rings (SSSR count). The van der Waals surface area contributed by atoms with E-state index in [1.807, 2.05) is 19.1 Å². The minimum absolute atomic E-state index is 0.132. The molecule has 0 aromatic carbocycles. The van der Waals surface area contributed by atoms with Crippen LogP contribution >= 0.6 is 0 Å². The summed E-state index contributed by atoms with van der Waals surface area (Å²) in [5.41, 5.74) is -0.388. The molecule has 0 aromatic rings. The lowest BCUT2D eigenvalue weighted by Gasteiger charge is -2.31. The van der Waals surface area contributed by atoms with Crippen LogP contribution in [0.15, 0.2) is 12.2 Å². The first-order valence-corrected chi connectivity index (χ1v) is 5.58. The van der Waals surface area contributed by atoms with Crippen molar-refractivity contribution in [3.05, 3.63) is 12.2 Å². The van der Waals surface area contributed by atoms with Crippen LogP contribution in [0.4, 0.5) is 0 Å². The van der Waals surface area contributed by atoms with Gasteiger partial charge in [-0.05, 0) is 32.1 Å². The number of methoxy groups -OCH3 is 1. The maximum atomic E-state index is 11.8. The Balaban J connectivity index is 2.79. The molecule has 3 heteroatoms. The molecule has 0 heterocycles. The second kappa shape index (κ2) is 5.31. The van der Waals surface area contributed by atoms with E-state index in [-0.39, 0.29) is 11.4 Å². The Morgan fingerprint density at radius 2 is 2.33 bits per heavy atom. The average Bonchev–Trinajstić information content (AvgIpc) is 2.24. The highest BCUT2D eigenvalue weighted by Crippen LogP contribution is 2.36. The molecule has 2 atom stereocenters. The van der Waals surface area contributed by atoms with E-state index in [4.69, 9.17) is 4.74 Å². The number of esters is 1. The quantitative estimate of drug-likeness (QED) is 0.563. The van der Waals surface area contributed by atoms with Gasteiger partial charge in [-0.2, -0.15) is 0 Å². The van der Waals surface area contributed by atoms with E-state index in [1.165, 1.54) is 7.11 Å². The molecule has 1 N–H and O–H groups in total. The zero-order valence-corrected chi connectivity index (χ0v) is 9.53. The highest BCUT2D eigenvalue weighted by atomic mass is 16.5. The van der Waals surface area contributed by atoms with Crippen molar-refractivity contribution in [2.75, 3.05) is 7.11 Å². The summed E-state index contributed by atoms with van der Waals surface area (Å²) < 4.78 is 4.87. The van der Waals surface area contributed by atoms with E-state index < -0.39 is 6.10 Å². The highest BCUT2D eigenvalue weighted by molar-refractivity contribution is 5.76. The molecule has 15 heavy (non-hydrogen) atoms. The van der Waals surface area contributed by atoms with Crippen LogP contribution in [0.5, 0.6) is 0 Å². The number of aliphatic hydroxyl groups excluding tert-OH is 1. The van der Waals surface area contributed by atoms with Crippen LogP contribution in [-0.2, 0) is 9.53 Å². The molecule has 0 fully saturated rings. The molecule has 0 bridgehead atoms. The van der Waals surface area contributed by atoms with E-state index in [2.05, 4.69) is 0 Å². The van der Waals surface area contributed by atoms with Crippen molar-refractivity contribution in [3.63, 3.8) is 0 Å². The molecule has 86 valence electrons. The summed E-state index contributed by atoms with van der Waals surface area (Å²) in [6, 6.07) is 0. The molecule has 0 spiro atoms. The largest absolute Gasteiger partial charge is 0.469 e. The van der Waals surface area contributed by atoms with E-state index in [0.717, 1.165) is 19.3 Å². The van der Waals surface area contributed by atoms with Gasteiger partial charge in [0.1, 0.15) is 0 Å². The molecule has 3 nitrogen and oxygen atoms in total. The Morgan fingerprint density at radius 3 is 2.93 bits per heavy atom. The summed E-state index contributed by atoms with van der Waals surface area (Å²) in [6.45, 7) is 2.01. The predicted molar refractivity (Wildman–Crippen MR) is 58.4 cm³/mol. The summed E-state index contributed by atoms with van der Waals surface area (Å²) in [5, 5.41) is 9.56. The molecule has 0 aromatic heterocycles. The summed E-state index contributed by atoms with van der Waals surface area (Å²) in [5.74, 6) is -0.132. The highest BCUT2D eigenvalue weighted by Gasteiger charge is 2.37. The Labute approximate surface area is 91.1 Å². The maximum absolute atomic E-state index is 11.8. The van der Waals surface area contributed by atoms with Crippen LogP contribution in [0.25, 0.3) is 0 Å². The Kier molecular flexibility index (Phi) is 4.33. The molecule has 0 saturated carbocycles. The fraction of sp³-hybridized carbons (Fsp3) is 0.750. The van der Waals surface area contributed by atoms with Gasteiger partial charge < -0.3 is 9.84 Å². The van der Waals surface area contributed by atoms with Crippen LogP contribution in [-0.4, -0.2) is 24.3 Å². The molecule has 0 radical (unpaired) electrons. The van der Waals surface area contributed by atoms with Crippen molar-refractivity contribution >= 4 is 5.97 Å². The summed E-state index contributed by atoms with van der Waals surface area (Å²) >= 11 is 0. The third kappa shape index (κ3) is 2.81. The average molecular weight is 212 g/mol. The Bertz CT molecular complexity index is 247. The molecular weight excluding hydrogens is 192 g/mol. The predicted octanol–water partition coefficient (Wildman–Crippen LogP) is 2.05. The normalized spacial score (nSPS) is 33.9. The van der Waals surface area contributed by atoms with Gasteiger partial charge in [0, 0.05) is 0 Å². The number of rotatable bonds is 2. The van der Waals surface area contributed by atoms with Crippen molar-refractivity contribution in [2.24, 2.45) is 5.41 Å². The first-order chi connectivity index (χ1) is 7.14. The fourth-order valence-corrected chi connectivity index (χ4v) is 2.18. The van der Waals surface area contributed by atoms with Gasteiger partial charge in [0.15, 0.2) is 0 Å². The zero-order chi connectivity index (χ0) is 11.3. The lowest BCUT2D eigenvalue weighted by atomic mass is 9.75. The second-order valence-corrected chi connectivity index (χ2v) is 4.20. The molecule has 0 aliphatic heterocycles. The Hall–Kier alpha value is -0.830. The van der Waals surface area contributed by atoms with Crippen LogP contribution in [0, 0.1) is 5.41 Å². The van der Waals surface area contributed by atoms with Crippen molar-refractivity contribution in [1.82, 2.24) is 0 Å². The number of ether oxygens (including phenoxy) is 1. The van der Waals surface area contributed by atoms with Crippen molar-refractivity contribution in [1.29, 1.82) is 0 Å². The molecule has 0 saturated heterocycles. The van der Waals surface area contributed by atoms with E-state index in [0.29, 0.717) is 12.8 Å². The van der Waals surface area contributed by atoms with Crippen molar-refractivity contribution < 1.29 is 14.6 Å². The summed E-state index contributed by atoms with van der Waals surface area (Å²) in [7, 11) is 1.44. The van der Waals surface area contributed by atoms with Gasteiger partial charge in [-0.15, -0.1) is 0 Å². The van der Waals surface area contributed by atoms with E-state index in [1.54, 1.807) is 0 Å². The molecule has 1 aliphatic rings. The monoisotopic (exact) mass is 212 g/mol. The second-order valence-electron chi connectivity index (χ2n) is 4.20. The number of allylic oxidation sites excluding steroid dienone is 1. The van der Waals surface area contributed by atoms with Gasteiger partial charge in [0.05, 0.1) is 18.6 Å². The maximum Gasteiger partial charge on any atom is 0.311 e. The third-order valence-corrected chi connectivity index (χ3v) is 3.36. The van der Waals surface area contributed by atoms with Crippen LogP contribution < -0.4 is 0 Å². The van der Waals surface area contributed by atoms with Gasteiger partial charge in [0.2, 0.25) is 0 Å². The smallest absolute Gasteiger partial charge is 0.311 e. The van der Waals surface area contributed by atoms with Crippen LogP contribution in [0.1, 0.15) is 39.0 Å². The topological polar surface area (TPSA) is 46.5 Å². The summed E-state index contributed by atoms with van der Waals surface area (Å²) in [4.78, 5) is 11.8. The molecule has 1 aliphatic carbocycles. The van der Waals surface area contributed by atoms with Crippen molar-refractivity contribution in [3.8, 4) is 0 Å². The minimum atomic E-state index is -0.416. The number of carbonyl (C=O) groups is 1. The van der Waals surface area contributed by atoms with Crippen molar-refractivity contribution in [2.45, 2.75) is 45.1 Å². The van der Waals surface area contributed by atoms with Crippen LogP contribution in [0.3, 0.4) is 0 Å². The van der Waals surface area contributed by atoms with Gasteiger partial charge in [-0.25, -0.2) is 0 Å².